The first kappa shape index (κ1) is 14.5. The number of carbonyl (C=O) groups is 2. The molecule has 0 aliphatic carbocycles. The highest BCUT2D eigenvalue weighted by Gasteiger charge is 2.36. The number of ether oxygens (including phenoxy) is 1. The lowest BCUT2D eigenvalue weighted by molar-refractivity contribution is -0.151. The van der Waals surface area contributed by atoms with Gasteiger partial charge in [0.25, 0.3) is 5.91 Å². The Morgan fingerprint density at radius 2 is 1.90 bits per heavy atom. The number of anilines is 1. The van der Waals surface area contributed by atoms with Crippen molar-refractivity contribution < 1.29 is 23.8 Å². The minimum atomic E-state index is -1.05. The number of carboxylic acid groups (broad SMARTS) is 1. The fraction of sp³-hybridized carbons (Fsp3) is 0.429. The second-order valence-electron chi connectivity index (χ2n) is 4.59. The van der Waals surface area contributed by atoms with Crippen LogP contribution in [-0.4, -0.2) is 35.7 Å². The third kappa shape index (κ3) is 2.96. The van der Waals surface area contributed by atoms with Crippen LogP contribution in [0.3, 0.4) is 0 Å². The first-order valence-electron chi connectivity index (χ1n) is 6.48. The summed E-state index contributed by atoms with van der Waals surface area (Å²) in [6.07, 6.45) is -0.961. The molecule has 0 spiro atoms. The molecular formula is C14H16FNO4. The van der Waals surface area contributed by atoms with Crippen LogP contribution in [0.25, 0.3) is 0 Å². The lowest BCUT2D eigenvalue weighted by atomic mass is 10.1. The van der Waals surface area contributed by atoms with Gasteiger partial charge in [-0.05, 0) is 44.0 Å². The van der Waals surface area contributed by atoms with Crippen molar-refractivity contribution in [3.05, 3.63) is 30.1 Å². The molecule has 1 amide bonds. The average molecular weight is 281 g/mol. The molecule has 1 saturated heterocycles. The number of rotatable bonds is 4. The molecule has 1 N–H and O–H groups in total. The van der Waals surface area contributed by atoms with Crippen molar-refractivity contribution in [1.82, 2.24) is 0 Å². The third-order valence-electron chi connectivity index (χ3n) is 3.29. The molecule has 0 saturated carbocycles. The summed E-state index contributed by atoms with van der Waals surface area (Å²) in [7, 11) is 0. The Balaban J connectivity index is 2.10. The van der Waals surface area contributed by atoms with E-state index in [1.165, 1.54) is 29.2 Å². The van der Waals surface area contributed by atoms with Gasteiger partial charge in [0.1, 0.15) is 11.9 Å². The van der Waals surface area contributed by atoms with E-state index in [-0.39, 0.29) is 11.7 Å². The molecule has 2 rings (SSSR count). The Kier molecular flexibility index (Phi) is 4.34. The van der Waals surface area contributed by atoms with Crippen LogP contribution >= 0.6 is 0 Å². The van der Waals surface area contributed by atoms with E-state index in [1.54, 1.807) is 6.92 Å². The zero-order valence-electron chi connectivity index (χ0n) is 11.1. The molecule has 1 aliphatic rings. The molecule has 1 heterocycles. The van der Waals surface area contributed by atoms with Crippen molar-refractivity contribution in [3.63, 3.8) is 0 Å². The molecule has 1 aromatic rings. The highest BCUT2D eigenvalue weighted by molar-refractivity contribution is 5.97. The summed E-state index contributed by atoms with van der Waals surface area (Å²) in [5.74, 6) is -1.71. The van der Waals surface area contributed by atoms with Gasteiger partial charge in [-0.1, -0.05) is 0 Å². The number of nitrogens with zero attached hydrogens (tertiary/aromatic N) is 1. The summed E-state index contributed by atoms with van der Waals surface area (Å²) in [6.45, 7) is 2.20. The molecule has 1 aromatic carbocycles. The fourth-order valence-corrected chi connectivity index (χ4v) is 2.26. The molecule has 1 aliphatic heterocycles. The van der Waals surface area contributed by atoms with Gasteiger partial charge in [0.2, 0.25) is 0 Å². The van der Waals surface area contributed by atoms with Crippen molar-refractivity contribution in [3.8, 4) is 0 Å². The molecule has 20 heavy (non-hydrogen) atoms. The Morgan fingerprint density at radius 3 is 2.40 bits per heavy atom. The molecule has 0 aromatic heterocycles. The molecule has 0 radical (unpaired) electrons. The summed E-state index contributed by atoms with van der Waals surface area (Å²) in [5, 5.41) is 8.86. The molecule has 108 valence electrons. The molecule has 2 unspecified atom stereocenters. The standard InChI is InChI=1S/C14H16FNO4/c1-2-16(10-5-3-9(15)4-6-10)13(17)11-7-8-12(20-11)14(18)19/h3-6,11-12H,2,7-8H2,1H3,(H,18,19). The smallest absolute Gasteiger partial charge is 0.332 e. The molecule has 0 bridgehead atoms. The highest BCUT2D eigenvalue weighted by Crippen LogP contribution is 2.24. The number of hydrogen-bond acceptors (Lipinski definition) is 3. The Morgan fingerprint density at radius 1 is 1.30 bits per heavy atom. The first-order valence-corrected chi connectivity index (χ1v) is 6.48. The SMILES string of the molecule is CCN(C(=O)C1CCC(C(=O)O)O1)c1ccc(F)cc1. The maximum absolute atomic E-state index is 12.9. The number of carbonyl (C=O) groups excluding carboxylic acids is 1. The van der Waals surface area contributed by atoms with Crippen LogP contribution in [0.4, 0.5) is 10.1 Å². The Hall–Kier alpha value is -1.95. The van der Waals surface area contributed by atoms with Crippen LogP contribution < -0.4 is 4.90 Å². The summed E-state index contributed by atoms with van der Waals surface area (Å²) in [4.78, 5) is 24.6. The predicted molar refractivity (Wildman–Crippen MR) is 70.0 cm³/mol. The van der Waals surface area contributed by atoms with E-state index in [2.05, 4.69) is 0 Å². The number of carboxylic acids is 1. The van der Waals surface area contributed by atoms with Crippen molar-refractivity contribution in [2.75, 3.05) is 11.4 Å². The lowest BCUT2D eigenvalue weighted by Gasteiger charge is -2.24. The molecule has 2 atom stereocenters. The van der Waals surface area contributed by atoms with E-state index in [1.807, 2.05) is 0 Å². The van der Waals surface area contributed by atoms with Gasteiger partial charge in [-0.3, -0.25) is 4.79 Å². The van der Waals surface area contributed by atoms with Gasteiger partial charge in [-0.15, -0.1) is 0 Å². The lowest BCUT2D eigenvalue weighted by Crippen LogP contribution is -2.39. The highest BCUT2D eigenvalue weighted by atomic mass is 19.1. The predicted octanol–water partition coefficient (Wildman–Crippen LogP) is 1.81. The van der Waals surface area contributed by atoms with Crippen molar-refractivity contribution in [1.29, 1.82) is 0 Å². The molecule has 5 nitrogen and oxygen atoms in total. The van der Waals surface area contributed by atoms with Gasteiger partial charge in [0.05, 0.1) is 0 Å². The van der Waals surface area contributed by atoms with Crippen LogP contribution in [0.5, 0.6) is 0 Å². The van der Waals surface area contributed by atoms with E-state index in [9.17, 15) is 14.0 Å². The van der Waals surface area contributed by atoms with Gasteiger partial charge in [0.15, 0.2) is 6.10 Å². The second kappa shape index (κ2) is 6.00. The second-order valence-corrected chi connectivity index (χ2v) is 4.59. The third-order valence-corrected chi connectivity index (χ3v) is 3.29. The Labute approximate surface area is 116 Å². The molecule has 1 fully saturated rings. The number of hydrogen-bond donors (Lipinski definition) is 1. The van der Waals surface area contributed by atoms with E-state index >= 15 is 0 Å². The maximum Gasteiger partial charge on any atom is 0.332 e. The van der Waals surface area contributed by atoms with E-state index in [0.717, 1.165) is 0 Å². The summed E-state index contributed by atoms with van der Waals surface area (Å²) < 4.78 is 18.2. The first-order chi connectivity index (χ1) is 9.52. The average Bonchev–Trinajstić information content (AvgIpc) is 2.91. The van der Waals surface area contributed by atoms with Crippen LogP contribution in [0.2, 0.25) is 0 Å². The van der Waals surface area contributed by atoms with Gasteiger partial charge >= 0.3 is 5.97 Å². The van der Waals surface area contributed by atoms with Gasteiger partial charge in [-0.25, -0.2) is 9.18 Å². The van der Waals surface area contributed by atoms with E-state index < -0.39 is 18.2 Å². The van der Waals surface area contributed by atoms with Crippen LogP contribution in [-0.2, 0) is 14.3 Å². The fourth-order valence-electron chi connectivity index (χ4n) is 2.26. The number of likely N-dealkylation sites (N-methyl/N-ethyl adjacent to an activating group) is 1. The van der Waals surface area contributed by atoms with Crippen molar-refractivity contribution in [2.45, 2.75) is 32.0 Å². The monoisotopic (exact) mass is 281 g/mol. The normalized spacial score (nSPS) is 21.7. The van der Waals surface area contributed by atoms with Gasteiger partial charge < -0.3 is 14.7 Å². The summed E-state index contributed by atoms with van der Waals surface area (Å²) >= 11 is 0. The van der Waals surface area contributed by atoms with Gasteiger partial charge in [0, 0.05) is 12.2 Å². The number of aliphatic carboxylic acids is 1. The largest absolute Gasteiger partial charge is 0.479 e. The molecule has 6 heteroatoms. The summed E-state index contributed by atoms with van der Waals surface area (Å²) in [5.41, 5.74) is 0.571. The summed E-state index contributed by atoms with van der Waals surface area (Å²) in [6, 6.07) is 5.59. The zero-order chi connectivity index (χ0) is 14.7. The van der Waals surface area contributed by atoms with Crippen molar-refractivity contribution >= 4 is 17.6 Å². The van der Waals surface area contributed by atoms with Crippen molar-refractivity contribution in [2.24, 2.45) is 0 Å². The minimum Gasteiger partial charge on any atom is -0.479 e. The van der Waals surface area contributed by atoms with Crippen LogP contribution in [0, 0.1) is 5.82 Å². The quantitative estimate of drug-likeness (QED) is 0.914. The van der Waals surface area contributed by atoms with E-state index in [0.29, 0.717) is 25.1 Å². The van der Waals surface area contributed by atoms with Gasteiger partial charge in [-0.2, -0.15) is 0 Å². The number of halogens is 1. The van der Waals surface area contributed by atoms with Crippen LogP contribution in [0.1, 0.15) is 19.8 Å². The topological polar surface area (TPSA) is 66.8 Å². The van der Waals surface area contributed by atoms with Crippen LogP contribution in [0.15, 0.2) is 24.3 Å². The Bertz CT molecular complexity index is 502. The number of benzene rings is 1. The minimum absolute atomic E-state index is 0.289. The molecular weight excluding hydrogens is 265 g/mol. The van der Waals surface area contributed by atoms with E-state index in [4.69, 9.17) is 9.84 Å². The zero-order valence-corrected chi connectivity index (χ0v) is 11.1. The maximum atomic E-state index is 12.9. The number of amides is 1.